The lowest BCUT2D eigenvalue weighted by molar-refractivity contribution is 0.417. The highest BCUT2D eigenvalue weighted by Crippen LogP contribution is 2.43. The van der Waals surface area contributed by atoms with E-state index < -0.39 is 10.0 Å². The van der Waals surface area contributed by atoms with Crippen LogP contribution in [-0.4, -0.2) is 36.4 Å². The Balaban J connectivity index is 1.59. The summed E-state index contributed by atoms with van der Waals surface area (Å²) in [6, 6.07) is 22.9. The molecule has 2 atom stereocenters. The van der Waals surface area contributed by atoms with Crippen LogP contribution in [0.25, 0.3) is 5.69 Å². The van der Waals surface area contributed by atoms with E-state index in [1.807, 2.05) is 65.7 Å². The van der Waals surface area contributed by atoms with Crippen LogP contribution >= 0.6 is 12.2 Å². The lowest BCUT2D eigenvalue weighted by atomic mass is 9.98. The number of pyridine rings is 1. The van der Waals surface area contributed by atoms with Crippen LogP contribution in [0.5, 0.6) is 5.75 Å². The summed E-state index contributed by atoms with van der Waals surface area (Å²) in [7, 11) is -1.97. The van der Waals surface area contributed by atoms with Gasteiger partial charge in [-0.1, -0.05) is 24.3 Å². The Hall–Kier alpha value is -3.89. The van der Waals surface area contributed by atoms with Crippen LogP contribution in [0.1, 0.15) is 23.3 Å². The highest BCUT2D eigenvalue weighted by molar-refractivity contribution is 7.92. The van der Waals surface area contributed by atoms with E-state index in [0.717, 1.165) is 28.9 Å². The highest BCUT2D eigenvalue weighted by atomic mass is 32.2. The second-order valence-corrected chi connectivity index (χ2v) is 10.6. The van der Waals surface area contributed by atoms with Gasteiger partial charge in [-0.2, -0.15) is 0 Å². The number of benzene rings is 2. The molecule has 1 aliphatic rings. The summed E-state index contributed by atoms with van der Waals surface area (Å²) in [6.07, 6.45) is 6.99. The molecule has 1 saturated heterocycles. The van der Waals surface area contributed by atoms with Gasteiger partial charge in [-0.05, 0) is 60.2 Å². The average Bonchev–Trinajstić information content (AvgIpc) is 3.49. The van der Waals surface area contributed by atoms with E-state index >= 15 is 0 Å². The first-order chi connectivity index (χ1) is 17.3. The number of nitrogens with one attached hydrogen (secondary N) is 2. The van der Waals surface area contributed by atoms with Gasteiger partial charge in [0.15, 0.2) is 5.11 Å². The van der Waals surface area contributed by atoms with Crippen molar-refractivity contribution < 1.29 is 13.2 Å². The zero-order chi connectivity index (χ0) is 25.3. The number of sulfonamides is 1. The highest BCUT2D eigenvalue weighted by Gasteiger charge is 2.41. The molecule has 2 N–H and O–H groups in total. The van der Waals surface area contributed by atoms with Crippen molar-refractivity contribution in [3.63, 3.8) is 0 Å². The summed E-state index contributed by atoms with van der Waals surface area (Å²) in [5.41, 5.74) is 4.08. The van der Waals surface area contributed by atoms with Crippen LogP contribution < -0.4 is 19.7 Å². The van der Waals surface area contributed by atoms with Crippen molar-refractivity contribution >= 4 is 38.7 Å². The minimum atomic E-state index is -3.47. The van der Waals surface area contributed by atoms with Crippen molar-refractivity contribution in [2.45, 2.75) is 12.1 Å². The summed E-state index contributed by atoms with van der Waals surface area (Å²) in [5.74, 6) is 0.391. The van der Waals surface area contributed by atoms with Gasteiger partial charge in [0.2, 0.25) is 10.0 Å². The fourth-order valence-electron chi connectivity index (χ4n) is 4.43. The van der Waals surface area contributed by atoms with Crippen LogP contribution in [0.2, 0.25) is 0 Å². The Morgan fingerprint density at radius 2 is 1.81 bits per heavy atom. The van der Waals surface area contributed by atoms with Crippen LogP contribution in [-0.2, 0) is 10.0 Å². The fourth-order valence-corrected chi connectivity index (χ4v) is 5.35. The summed E-state index contributed by atoms with van der Waals surface area (Å²) < 4.78 is 33.7. The molecule has 36 heavy (non-hydrogen) atoms. The molecule has 0 spiro atoms. The zero-order valence-corrected chi connectivity index (χ0v) is 21.3. The molecule has 8 nitrogen and oxygen atoms in total. The molecule has 0 unspecified atom stereocenters. The van der Waals surface area contributed by atoms with Gasteiger partial charge in [0.25, 0.3) is 0 Å². The maximum Gasteiger partial charge on any atom is 0.229 e. The van der Waals surface area contributed by atoms with E-state index in [1.165, 1.54) is 7.11 Å². The molecule has 2 aromatic heterocycles. The van der Waals surface area contributed by atoms with Gasteiger partial charge < -0.3 is 19.5 Å². The Kier molecular flexibility index (Phi) is 6.38. The van der Waals surface area contributed by atoms with Crippen LogP contribution in [0.3, 0.4) is 0 Å². The number of hydrogen-bond donors (Lipinski definition) is 2. The Bertz CT molecular complexity index is 1490. The lowest BCUT2D eigenvalue weighted by Crippen LogP contribution is -2.29. The third kappa shape index (κ3) is 4.77. The molecular formula is C26H25N5O3S2. The maximum absolute atomic E-state index is 11.8. The van der Waals surface area contributed by atoms with Crippen LogP contribution in [0.4, 0.5) is 11.4 Å². The first kappa shape index (κ1) is 23.8. The standard InChI is InChI=1S/C26H25N5O3S2/c1-34-23-16-20(11-12-21(23)29-36(2,32)33)31-25(24(28-26(31)35)22-10-6-7-14-27-22)18-13-15-30(17-18)19-8-4-3-5-9-19/h3-17,24-25,29H,1-2H3,(H,28,35)/t24-,25+/m1/s1. The number of anilines is 2. The normalized spacial score (nSPS) is 17.6. The minimum Gasteiger partial charge on any atom is -0.494 e. The second-order valence-electron chi connectivity index (χ2n) is 8.44. The van der Waals surface area contributed by atoms with E-state index in [2.05, 4.69) is 31.9 Å². The molecule has 0 saturated carbocycles. The van der Waals surface area contributed by atoms with Gasteiger partial charge in [-0.15, -0.1) is 0 Å². The van der Waals surface area contributed by atoms with E-state index in [4.69, 9.17) is 17.0 Å². The van der Waals surface area contributed by atoms with Crippen molar-refractivity contribution in [3.8, 4) is 11.4 Å². The smallest absolute Gasteiger partial charge is 0.229 e. The minimum absolute atomic E-state index is 0.204. The average molecular weight is 520 g/mol. The summed E-state index contributed by atoms with van der Waals surface area (Å²) in [5, 5.41) is 3.98. The number of ether oxygens (including phenoxy) is 1. The Morgan fingerprint density at radius 3 is 2.50 bits per heavy atom. The largest absolute Gasteiger partial charge is 0.494 e. The first-order valence-electron chi connectivity index (χ1n) is 11.2. The second kappa shape index (κ2) is 9.63. The number of nitrogens with zero attached hydrogens (tertiary/aromatic N) is 3. The lowest BCUT2D eigenvalue weighted by Gasteiger charge is -2.28. The number of aromatic nitrogens is 2. The zero-order valence-electron chi connectivity index (χ0n) is 19.7. The summed E-state index contributed by atoms with van der Waals surface area (Å²) >= 11 is 5.80. The number of para-hydroxylation sites is 1. The van der Waals surface area contributed by atoms with Gasteiger partial charge in [-0.25, -0.2) is 8.42 Å². The van der Waals surface area contributed by atoms with Gasteiger partial charge in [0, 0.05) is 36.0 Å². The van der Waals surface area contributed by atoms with Crippen LogP contribution in [0.15, 0.2) is 91.4 Å². The number of hydrogen-bond acceptors (Lipinski definition) is 5. The quantitative estimate of drug-likeness (QED) is 0.349. The fraction of sp³-hybridized carbons (Fsp3) is 0.154. The van der Waals surface area contributed by atoms with Crippen molar-refractivity contribution in [3.05, 3.63) is 103 Å². The SMILES string of the molecule is COc1cc(N2C(=S)N[C@H](c3ccccn3)[C@@H]2c2ccn(-c3ccccc3)c2)ccc1NS(C)(=O)=O. The molecule has 5 rings (SSSR count). The molecule has 4 aromatic rings. The van der Waals surface area contributed by atoms with E-state index in [0.29, 0.717) is 16.5 Å². The molecule has 0 aliphatic carbocycles. The predicted octanol–water partition coefficient (Wildman–Crippen LogP) is 4.43. The van der Waals surface area contributed by atoms with Crippen molar-refractivity contribution in [2.24, 2.45) is 0 Å². The van der Waals surface area contributed by atoms with Gasteiger partial charge in [0.05, 0.1) is 36.8 Å². The van der Waals surface area contributed by atoms with Crippen molar-refractivity contribution in [1.29, 1.82) is 0 Å². The van der Waals surface area contributed by atoms with Crippen LogP contribution in [0, 0.1) is 0 Å². The Labute approximate surface area is 215 Å². The number of thiocarbonyl (C=S) groups is 1. The van der Waals surface area contributed by atoms with E-state index in [9.17, 15) is 8.42 Å². The molecule has 0 radical (unpaired) electrons. The predicted molar refractivity (Wildman–Crippen MR) is 145 cm³/mol. The third-order valence-corrected chi connectivity index (χ3v) is 6.87. The third-order valence-electron chi connectivity index (χ3n) is 5.97. The molecule has 10 heteroatoms. The molecule has 2 aromatic carbocycles. The van der Waals surface area contributed by atoms with Gasteiger partial charge >= 0.3 is 0 Å². The van der Waals surface area contributed by atoms with Crippen molar-refractivity contribution in [2.75, 3.05) is 23.0 Å². The topological polar surface area (TPSA) is 88.5 Å². The molecule has 184 valence electrons. The molecular weight excluding hydrogens is 494 g/mol. The number of methoxy groups -OCH3 is 1. The number of rotatable bonds is 7. The van der Waals surface area contributed by atoms with E-state index in [-0.39, 0.29) is 12.1 Å². The molecule has 0 bridgehead atoms. The molecule has 0 amide bonds. The van der Waals surface area contributed by atoms with Gasteiger partial charge in [-0.3, -0.25) is 9.71 Å². The van der Waals surface area contributed by atoms with E-state index in [1.54, 1.807) is 18.3 Å². The molecule has 1 fully saturated rings. The Morgan fingerprint density at radius 1 is 1.03 bits per heavy atom. The molecule has 1 aliphatic heterocycles. The van der Waals surface area contributed by atoms with Gasteiger partial charge in [0.1, 0.15) is 5.75 Å². The first-order valence-corrected chi connectivity index (χ1v) is 13.5. The molecule has 3 heterocycles. The summed E-state index contributed by atoms with van der Waals surface area (Å²) in [4.78, 5) is 6.62. The maximum atomic E-state index is 11.8. The summed E-state index contributed by atoms with van der Waals surface area (Å²) in [6.45, 7) is 0. The monoisotopic (exact) mass is 519 g/mol. The van der Waals surface area contributed by atoms with Crippen molar-refractivity contribution in [1.82, 2.24) is 14.9 Å².